The molecule has 1 saturated carbocycles. The lowest BCUT2D eigenvalue weighted by atomic mass is 10.2. The molecule has 0 unspecified atom stereocenters. The van der Waals surface area contributed by atoms with Crippen molar-refractivity contribution in [2.75, 3.05) is 18.5 Å². The summed E-state index contributed by atoms with van der Waals surface area (Å²) in [7, 11) is 2.19. The number of hydrogen-bond acceptors (Lipinski definition) is 4. The van der Waals surface area contributed by atoms with Crippen LogP contribution in [-0.2, 0) is 13.0 Å². The van der Waals surface area contributed by atoms with Gasteiger partial charge in [0.2, 0.25) is 0 Å². The monoisotopic (exact) mass is 267 g/mol. The van der Waals surface area contributed by atoms with Crippen molar-refractivity contribution < 1.29 is 0 Å². The van der Waals surface area contributed by atoms with E-state index in [0.29, 0.717) is 0 Å². The van der Waals surface area contributed by atoms with Crippen LogP contribution in [0.3, 0.4) is 0 Å². The van der Waals surface area contributed by atoms with Crippen LogP contribution in [0, 0.1) is 0 Å². The van der Waals surface area contributed by atoms with E-state index in [2.05, 4.69) is 31.1 Å². The summed E-state index contributed by atoms with van der Waals surface area (Å²) >= 11 is 1.88. The van der Waals surface area contributed by atoms with E-state index in [0.717, 1.165) is 25.6 Å². The smallest absolute Gasteiger partial charge is 0.185 e. The van der Waals surface area contributed by atoms with Crippen LogP contribution in [-0.4, -0.2) is 24.6 Å². The summed E-state index contributed by atoms with van der Waals surface area (Å²) in [5, 5.41) is 4.72. The standard InChI is InChI=1S/C14H25N3S/c1-4-6-12-13(10-15-9-5-2)18-14(16-12)17(3)11-7-8-11/h11,15H,4-10H2,1-3H3. The summed E-state index contributed by atoms with van der Waals surface area (Å²) in [6.07, 6.45) is 6.15. The SMILES string of the molecule is CCCNCc1sc(N(C)C2CC2)nc1CCC. The van der Waals surface area contributed by atoms with Gasteiger partial charge in [0.05, 0.1) is 5.69 Å². The van der Waals surface area contributed by atoms with E-state index in [1.54, 1.807) is 0 Å². The van der Waals surface area contributed by atoms with Crippen LogP contribution in [0.15, 0.2) is 0 Å². The molecule has 1 N–H and O–H groups in total. The summed E-state index contributed by atoms with van der Waals surface area (Å²) in [6.45, 7) is 6.52. The molecule has 102 valence electrons. The fraction of sp³-hybridized carbons (Fsp3) is 0.786. The van der Waals surface area contributed by atoms with Crippen molar-refractivity contribution >= 4 is 16.5 Å². The number of aromatic nitrogens is 1. The van der Waals surface area contributed by atoms with Gasteiger partial charge < -0.3 is 10.2 Å². The van der Waals surface area contributed by atoms with Crippen molar-refractivity contribution in [2.45, 2.75) is 58.5 Å². The molecule has 0 bridgehead atoms. The van der Waals surface area contributed by atoms with Crippen LogP contribution >= 0.6 is 11.3 Å². The lowest BCUT2D eigenvalue weighted by molar-refractivity contribution is 0.674. The highest BCUT2D eigenvalue weighted by Gasteiger charge is 2.28. The van der Waals surface area contributed by atoms with Gasteiger partial charge >= 0.3 is 0 Å². The Morgan fingerprint density at radius 3 is 2.72 bits per heavy atom. The molecule has 1 aliphatic rings. The molecule has 2 rings (SSSR count). The van der Waals surface area contributed by atoms with E-state index in [1.165, 1.54) is 41.4 Å². The number of anilines is 1. The molecular weight excluding hydrogens is 242 g/mol. The number of nitrogens with one attached hydrogen (secondary N) is 1. The Bertz CT molecular complexity index is 371. The number of nitrogens with zero attached hydrogens (tertiary/aromatic N) is 2. The van der Waals surface area contributed by atoms with Gasteiger partial charge in [-0.1, -0.05) is 20.3 Å². The molecule has 0 amide bonds. The first-order valence-electron chi connectivity index (χ1n) is 7.18. The Kier molecular flexibility index (Phi) is 5.01. The van der Waals surface area contributed by atoms with Crippen molar-refractivity contribution in [3.63, 3.8) is 0 Å². The third-order valence-electron chi connectivity index (χ3n) is 3.36. The minimum atomic E-state index is 0.752. The molecule has 0 spiro atoms. The van der Waals surface area contributed by atoms with E-state index in [9.17, 15) is 0 Å². The van der Waals surface area contributed by atoms with E-state index >= 15 is 0 Å². The largest absolute Gasteiger partial charge is 0.348 e. The second-order valence-electron chi connectivity index (χ2n) is 5.14. The van der Waals surface area contributed by atoms with Crippen molar-refractivity contribution in [1.29, 1.82) is 0 Å². The second kappa shape index (κ2) is 6.53. The van der Waals surface area contributed by atoms with Crippen molar-refractivity contribution in [3.05, 3.63) is 10.6 Å². The van der Waals surface area contributed by atoms with Crippen molar-refractivity contribution in [3.8, 4) is 0 Å². The molecule has 1 fully saturated rings. The van der Waals surface area contributed by atoms with Gasteiger partial charge in [0.25, 0.3) is 0 Å². The molecule has 0 aromatic carbocycles. The van der Waals surface area contributed by atoms with E-state index < -0.39 is 0 Å². The van der Waals surface area contributed by atoms with Crippen LogP contribution in [0.2, 0.25) is 0 Å². The highest BCUT2D eigenvalue weighted by atomic mass is 32.1. The Hall–Kier alpha value is -0.610. The van der Waals surface area contributed by atoms with Gasteiger partial charge in [-0.25, -0.2) is 4.98 Å². The normalized spacial score (nSPS) is 15.1. The quantitative estimate of drug-likeness (QED) is 0.733. The van der Waals surface area contributed by atoms with Gasteiger partial charge in [-0.2, -0.15) is 0 Å². The molecule has 4 heteroatoms. The highest BCUT2D eigenvalue weighted by molar-refractivity contribution is 7.15. The Morgan fingerprint density at radius 1 is 1.33 bits per heavy atom. The zero-order valence-corrected chi connectivity index (χ0v) is 12.6. The lowest BCUT2D eigenvalue weighted by Crippen LogP contribution is -2.18. The zero-order chi connectivity index (χ0) is 13.0. The topological polar surface area (TPSA) is 28.2 Å². The van der Waals surface area contributed by atoms with Crippen LogP contribution in [0.1, 0.15) is 50.1 Å². The molecule has 0 atom stereocenters. The van der Waals surface area contributed by atoms with Gasteiger partial charge in [0, 0.05) is 24.5 Å². The summed E-state index contributed by atoms with van der Waals surface area (Å²) in [5.41, 5.74) is 1.31. The van der Waals surface area contributed by atoms with E-state index in [1.807, 2.05) is 11.3 Å². The molecule has 1 aliphatic carbocycles. The fourth-order valence-corrected chi connectivity index (χ4v) is 3.20. The Morgan fingerprint density at radius 2 is 2.11 bits per heavy atom. The van der Waals surface area contributed by atoms with Crippen molar-refractivity contribution in [2.24, 2.45) is 0 Å². The van der Waals surface area contributed by atoms with E-state index in [-0.39, 0.29) is 0 Å². The molecule has 0 radical (unpaired) electrons. The molecule has 1 heterocycles. The third kappa shape index (κ3) is 3.45. The molecule has 18 heavy (non-hydrogen) atoms. The molecule has 0 aliphatic heterocycles. The van der Waals surface area contributed by atoms with Gasteiger partial charge in [0.15, 0.2) is 5.13 Å². The number of thiazole rings is 1. The lowest BCUT2D eigenvalue weighted by Gasteiger charge is -2.13. The third-order valence-corrected chi connectivity index (χ3v) is 4.55. The summed E-state index contributed by atoms with van der Waals surface area (Å²) in [5.74, 6) is 0. The average Bonchev–Trinajstić information content (AvgIpc) is 3.13. The van der Waals surface area contributed by atoms with Crippen LogP contribution in [0.4, 0.5) is 5.13 Å². The maximum atomic E-state index is 4.84. The van der Waals surface area contributed by atoms with Crippen LogP contribution in [0.25, 0.3) is 0 Å². The first-order chi connectivity index (χ1) is 8.76. The highest BCUT2D eigenvalue weighted by Crippen LogP contribution is 2.34. The first-order valence-corrected chi connectivity index (χ1v) is 8.00. The Labute approximate surface area is 115 Å². The van der Waals surface area contributed by atoms with Crippen LogP contribution < -0.4 is 10.2 Å². The van der Waals surface area contributed by atoms with Gasteiger partial charge in [-0.3, -0.25) is 0 Å². The molecule has 3 nitrogen and oxygen atoms in total. The van der Waals surface area contributed by atoms with Gasteiger partial charge in [0.1, 0.15) is 0 Å². The summed E-state index contributed by atoms with van der Waals surface area (Å²) in [6, 6.07) is 0.752. The maximum absolute atomic E-state index is 4.84. The minimum Gasteiger partial charge on any atom is -0.348 e. The molecule has 1 aromatic heterocycles. The zero-order valence-electron chi connectivity index (χ0n) is 11.8. The number of rotatable bonds is 8. The summed E-state index contributed by atoms with van der Waals surface area (Å²) in [4.78, 5) is 8.65. The Balaban J connectivity index is 2.04. The predicted molar refractivity (Wildman–Crippen MR) is 79.5 cm³/mol. The number of hydrogen-bond donors (Lipinski definition) is 1. The summed E-state index contributed by atoms with van der Waals surface area (Å²) < 4.78 is 0. The fourth-order valence-electron chi connectivity index (χ4n) is 2.09. The van der Waals surface area contributed by atoms with E-state index in [4.69, 9.17) is 4.98 Å². The molecular formula is C14H25N3S. The maximum Gasteiger partial charge on any atom is 0.185 e. The van der Waals surface area contributed by atoms with Crippen LogP contribution in [0.5, 0.6) is 0 Å². The van der Waals surface area contributed by atoms with Gasteiger partial charge in [-0.15, -0.1) is 11.3 Å². The first kappa shape index (κ1) is 13.8. The van der Waals surface area contributed by atoms with Gasteiger partial charge in [-0.05, 0) is 32.2 Å². The second-order valence-corrected chi connectivity index (χ2v) is 6.20. The molecule has 0 saturated heterocycles. The minimum absolute atomic E-state index is 0.752. The average molecular weight is 267 g/mol. The molecule has 1 aromatic rings. The van der Waals surface area contributed by atoms with Crippen molar-refractivity contribution in [1.82, 2.24) is 10.3 Å². The number of aryl methyl sites for hydroxylation is 1. The predicted octanol–water partition coefficient (Wildman–Crippen LogP) is 3.19.